The van der Waals surface area contributed by atoms with Crippen LogP contribution in [0.25, 0.3) is 0 Å². The summed E-state index contributed by atoms with van der Waals surface area (Å²) in [6, 6.07) is 6.77. The van der Waals surface area contributed by atoms with E-state index in [9.17, 15) is 0 Å². The highest BCUT2D eigenvalue weighted by Crippen LogP contribution is 2.32. The molecule has 2 nitrogen and oxygen atoms in total. The van der Waals surface area contributed by atoms with Gasteiger partial charge in [0.05, 0.1) is 10.7 Å². The lowest BCUT2D eigenvalue weighted by molar-refractivity contribution is 0.375. The molecule has 0 aromatic heterocycles. The largest absolute Gasteiger partial charge is 0.496 e. The van der Waals surface area contributed by atoms with Crippen LogP contribution in [0.5, 0.6) is 5.75 Å². The zero-order valence-corrected chi connectivity index (χ0v) is 9.67. The van der Waals surface area contributed by atoms with E-state index in [2.05, 4.69) is 40.0 Å². The van der Waals surface area contributed by atoms with Crippen LogP contribution in [0.4, 0.5) is 0 Å². The van der Waals surface area contributed by atoms with Gasteiger partial charge < -0.3 is 10.1 Å². The Morgan fingerprint density at radius 2 is 2.31 bits per heavy atom. The van der Waals surface area contributed by atoms with Crippen LogP contribution >= 0.6 is 22.6 Å². The first-order valence-corrected chi connectivity index (χ1v) is 5.46. The van der Waals surface area contributed by atoms with E-state index in [0.717, 1.165) is 12.3 Å². The van der Waals surface area contributed by atoms with E-state index in [0.29, 0.717) is 6.04 Å². The van der Waals surface area contributed by atoms with Crippen LogP contribution in [0.15, 0.2) is 18.2 Å². The molecule has 1 fully saturated rings. The van der Waals surface area contributed by atoms with Crippen molar-refractivity contribution >= 4 is 22.6 Å². The van der Waals surface area contributed by atoms with Gasteiger partial charge in [-0.3, -0.25) is 0 Å². The Morgan fingerprint density at radius 3 is 2.85 bits per heavy atom. The van der Waals surface area contributed by atoms with E-state index in [1.165, 1.54) is 15.6 Å². The van der Waals surface area contributed by atoms with Gasteiger partial charge in [0.2, 0.25) is 0 Å². The van der Waals surface area contributed by atoms with E-state index in [1.807, 2.05) is 6.07 Å². The van der Waals surface area contributed by atoms with E-state index in [1.54, 1.807) is 7.11 Å². The number of methoxy groups -OCH3 is 1. The lowest BCUT2D eigenvalue weighted by atomic mass is 9.98. The molecule has 3 heteroatoms. The van der Waals surface area contributed by atoms with Crippen molar-refractivity contribution in [3.63, 3.8) is 0 Å². The Morgan fingerprint density at radius 1 is 1.54 bits per heavy atom. The fourth-order valence-electron chi connectivity index (χ4n) is 1.51. The Kier molecular flexibility index (Phi) is 2.74. The molecule has 1 N–H and O–H groups in total. The number of nitrogens with one attached hydrogen (secondary N) is 1. The van der Waals surface area contributed by atoms with Gasteiger partial charge in [-0.05, 0) is 47.2 Å². The predicted molar refractivity (Wildman–Crippen MR) is 61.1 cm³/mol. The summed E-state index contributed by atoms with van der Waals surface area (Å²) in [5, 5.41) is 3.39. The van der Waals surface area contributed by atoms with Crippen LogP contribution < -0.4 is 10.1 Å². The van der Waals surface area contributed by atoms with E-state index < -0.39 is 0 Å². The molecule has 1 aliphatic rings. The maximum absolute atomic E-state index is 5.27. The Hall–Kier alpha value is -0.290. The molecule has 70 valence electrons. The van der Waals surface area contributed by atoms with Crippen molar-refractivity contribution in [3.05, 3.63) is 27.3 Å². The third kappa shape index (κ3) is 1.67. The zero-order chi connectivity index (χ0) is 9.26. The number of benzene rings is 1. The quantitative estimate of drug-likeness (QED) is 0.844. The second kappa shape index (κ2) is 3.84. The average molecular weight is 289 g/mol. The van der Waals surface area contributed by atoms with Gasteiger partial charge in [-0.25, -0.2) is 0 Å². The summed E-state index contributed by atoms with van der Waals surface area (Å²) in [5.41, 5.74) is 1.37. The van der Waals surface area contributed by atoms with Crippen LogP contribution in [0.1, 0.15) is 18.0 Å². The minimum absolute atomic E-state index is 0.544. The zero-order valence-electron chi connectivity index (χ0n) is 7.51. The van der Waals surface area contributed by atoms with Crippen LogP contribution in [0.3, 0.4) is 0 Å². The molecule has 0 saturated carbocycles. The summed E-state index contributed by atoms with van der Waals surface area (Å²) in [6.45, 7) is 1.14. The highest BCUT2D eigenvalue weighted by molar-refractivity contribution is 14.1. The Balaban J connectivity index is 2.33. The van der Waals surface area contributed by atoms with Crippen molar-refractivity contribution in [1.82, 2.24) is 5.32 Å². The van der Waals surface area contributed by atoms with Crippen LogP contribution in [0, 0.1) is 3.57 Å². The number of hydrogen-bond acceptors (Lipinski definition) is 2. The lowest BCUT2D eigenvalue weighted by Gasteiger charge is -2.29. The third-order valence-electron chi connectivity index (χ3n) is 2.41. The van der Waals surface area contributed by atoms with Crippen molar-refractivity contribution in [2.75, 3.05) is 13.7 Å². The van der Waals surface area contributed by atoms with E-state index in [4.69, 9.17) is 4.74 Å². The smallest absolute Gasteiger partial charge is 0.132 e. The van der Waals surface area contributed by atoms with E-state index >= 15 is 0 Å². The summed E-state index contributed by atoms with van der Waals surface area (Å²) < 4.78 is 6.51. The molecule has 2 rings (SSSR count). The fourth-order valence-corrected chi connectivity index (χ4v) is 2.46. The summed E-state index contributed by atoms with van der Waals surface area (Å²) in [7, 11) is 1.72. The molecule has 0 spiro atoms. The average Bonchev–Trinajstić information content (AvgIpc) is 2.05. The molecule has 1 saturated heterocycles. The van der Waals surface area contributed by atoms with Crippen molar-refractivity contribution < 1.29 is 4.74 Å². The predicted octanol–water partition coefficient (Wildman–Crippen LogP) is 2.33. The van der Waals surface area contributed by atoms with Crippen LogP contribution in [0.2, 0.25) is 0 Å². The summed E-state index contributed by atoms with van der Waals surface area (Å²) in [4.78, 5) is 0. The molecule has 1 heterocycles. The normalized spacial score (nSPS) is 20.9. The Bertz CT molecular complexity index is 310. The number of hydrogen-bond donors (Lipinski definition) is 1. The second-order valence-corrected chi connectivity index (χ2v) is 4.24. The fraction of sp³-hybridized carbons (Fsp3) is 0.400. The maximum Gasteiger partial charge on any atom is 0.132 e. The molecule has 0 aliphatic carbocycles. The summed E-state index contributed by atoms with van der Waals surface area (Å²) in [6.07, 6.45) is 1.24. The van der Waals surface area contributed by atoms with Gasteiger partial charge in [-0.15, -0.1) is 0 Å². The molecule has 13 heavy (non-hydrogen) atoms. The molecule has 0 radical (unpaired) electrons. The first kappa shape index (κ1) is 9.27. The van der Waals surface area contributed by atoms with Crippen molar-refractivity contribution in [2.24, 2.45) is 0 Å². The minimum atomic E-state index is 0.544. The number of ether oxygens (including phenoxy) is 1. The van der Waals surface area contributed by atoms with Crippen LogP contribution in [-0.4, -0.2) is 13.7 Å². The van der Waals surface area contributed by atoms with Gasteiger partial charge in [0, 0.05) is 6.04 Å². The van der Waals surface area contributed by atoms with Gasteiger partial charge in [0.1, 0.15) is 5.75 Å². The van der Waals surface area contributed by atoms with Gasteiger partial charge in [0.15, 0.2) is 0 Å². The topological polar surface area (TPSA) is 21.3 Å². The summed E-state index contributed by atoms with van der Waals surface area (Å²) >= 11 is 2.35. The highest BCUT2D eigenvalue weighted by Gasteiger charge is 2.21. The summed E-state index contributed by atoms with van der Waals surface area (Å²) in [5.74, 6) is 0.979. The van der Waals surface area contributed by atoms with Gasteiger partial charge >= 0.3 is 0 Å². The SMILES string of the molecule is COc1cccc(C2CCN2)c1I. The van der Waals surface area contributed by atoms with Gasteiger partial charge in [-0.2, -0.15) is 0 Å². The first-order valence-electron chi connectivity index (χ1n) is 4.38. The van der Waals surface area contributed by atoms with Crippen molar-refractivity contribution in [1.29, 1.82) is 0 Å². The number of rotatable bonds is 2. The monoisotopic (exact) mass is 289 g/mol. The first-order chi connectivity index (χ1) is 6.33. The molecule has 0 bridgehead atoms. The van der Waals surface area contributed by atoms with Crippen LogP contribution in [-0.2, 0) is 0 Å². The molecule has 1 aromatic rings. The van der Waals surface area contributed by atoms with Gasteiger partial charge in [0.25, 0.3) is 0 Å². The molecule has 1 aliphatic heterocycles. The minimum Gasteiger partial charge on any atom is -0.496 e. The highest BCUT2D eigenvalue weighted by atomic mass is 127. The molecular formula is C10H12INO. The molecular weight excluding hydrogens is 277 g/mol. The van der Waals surface area contributed by atoms with Gasteiger partial charge in [-0.1, -0.05) is 12.1 Å². The molecule has 1 unspecified atom stereocenters. The van der Waals surface area contributed by atoms with Crippen molar-refractivity contribution in [3.8, 4) is 5.75 Å². The maximum atomic E-state index is 5.27. The molecule has 1 aromatic carbocycles. The molecule has 0 amide bonds. The van der Waals surface area contributed by atoms with Crippen molar-refractivity contribution in [2.45, 2.75) is 12.5 Å². The Labute approximate surface area is 91.8 Å². The standard InChI is InChI=1S/C10H12INO/c1-13-9-4-2-3-7(10(9)11)8-5-6-12-8/h2-4,8,12H,5-6H2,1H3. The second-order valence-electron chi connectivity index (χ2n) is 3.16. The number of halogens is 1. The lowest BCUT2D eigenvalue weighted by Crippen LogP contribution is -2.35. The van der Waals surface area contributed by atoms with E-state index in [-0.39, 0.29) is 0 Å². The molecule has 1 atom stereocenters. The third-order valence-corrected chi connectivity index (χ3v) is 3.57.